The van der Waals surface area contributed by atoms with E-state index in [1.165, 1.54) is 13.8 Å². The minimum absolute atomic E-state index is 0.234. The number of cyclic esters (lactones) is 2. The predicted octanol–water partition coefficient (Wildman–Crippen LogP) is 1.46. The molecule has 1 saturated heterocycles. The fourth-order valence-corrected chi connectivity index (χ4v) is 1.91. The fraction of sp³-hybridized carbons (Fsp3) is 0.615. The Morgan fingerprint density at radius 3 is 2.37 bits per heavy atom. The van der Waals surface area contributed by atoms with Crippen LogP contribution in [0.2, 0.25) is 0 Å². The molecule has 0 saturated carbocycles. The SMILES string of the molecule is CC(C)n1cc(CC2C(=O)OC(C)(C)OC2=O)cn1. The Kier molecular flexibility index (Phi) is 3.34. The number of carbonyl (C=O) groups is 2. The summed E-state index contributed by atoms with van der Waals surface area (Å²) in [6.45, 7) is 7.08. The van der Waals surface area contributed by atoms with Gasteiger partial charge in [0.2, 0.25) is 0 Å². The summed E-state index contributed by atoms with van der Waals surface area (Å²) in [6, 6.07) is 0.234. The highest BCUT2D eigenvalue weighted by Crippen LogP contribution is 2.25. The molecule has 0 atom stereocenters. The van der Waals surface area contributed by atoms with Crippen molar-refractivity contribution in [3.63, 3.8) is 0 Å². The molecule has 0 radical (unpaired) electrons. The van der Waals surface area contributed by atoms with Gasteiger partial charge in [-0.15, -0.1) is 0 Å². The Bertz CT molecular complexity index is 484. The van der Waals surface area contributed by atoms with Gasteiger partial charge < -0.3 is 9.47 Å². The molecule has 1 aliphatic heterocycles. The highest BCUT2D eigenvalue weighted by molar-refractivity contribution is 5.96. The Balaban J connectivity index is 2.10. The van der Waals surface area contributed by atoms with Crippen LogP contribution >= 0.6 is 0 Å². The van der Waals surface area contributed by atoms with E-state index in [0.717, 1.165) is 5.56 Å². The van der Waals surface area contributed by atoms with Gasteiger partial charge in [0.1, 0.15) is 0 Å². The number of esters is 2. The van der Waals surface area contributed by atoms with Gasteiger partial charge in [0.05, 0.1) is 6.20 Å². The zero-order valence-corrected chi connectivity index (χ0v) is 11.5. The lowest BCUT2D eigenvalue weighted by molar-refractivity contribution is -0.239. The second-order valence-electron chi connectivity index (χ2n) is 5.42. The first kappa shape index (κ1) is 13.6. The lowest BCUT2D eigenvalue weighted by Gasteiger charge is -2.32. The summed E-state index contributed by atoms with van der Waals surface area (Å²) in [6.07, 6.45) is 3.73. The third kappa shape index (κ3) is 2.94. The maximum atomic E-state index is 11.8. The van der Waals surface area contributed by atoms with Crippen LogP contribution < -0.4 is 0 Å². The normalized spacial score (nSPS) is 19.4. The van der Waals surface area contributed by atoms with Crippen molar-refractivity contribution >= 4 is 11.9 Å². The van der Waals surface area contributed by atoms with Crippen molar-refractivity contribution in [2.45, 2.75) is 45.9 Å². The van der Waals surface area contributed by atoms with Crippen LogP contribution in [0.5, 0.6) is 0 Å². The summed E-state index contributed by atoms with van der Waals surface area (Å²) in [4.78, 5) is 23.6. The zero-order chi connectivity index (χ0) is 14.2. The maximum absolute atomic E-state index is 11.8. The molecule has 6 nitrogen and oxygen atoms in total. The molecule has 104 valence electrons. The van der Waals surface area contributed by atoms with Crippen molar-refractivity contribution in [1.82, 2.24) is 9.78 Å². The molecule has 0 N–H and O–H groups in total. The zero-order valence-electron chi connectivity index (χ0n) is 11.5. The molecule has 2 rings (SSSR count). The minimum atomic E-state index is -1.17. The summed E-state index contributed by atoms with van der Waals surface area (Å²) in [5.41, 5.74) is 0.812. The van der Waals surface area contributed by atoms with E-state index in [1.54, 1.807) is 10.9 Å². The van der Waals surface area contributed by atoms with Crippen molar-refractivity contribution in [3.8, 4) is 0 Å². The summed E-state index contributed by atoms with van der Waals surface area (Å²) >= 11 is 0. The van der Waals surface area contributed by atoms with Crippen LogP contribution in [-0.4, -0.2) is 27.5 Å². The molecule has 2 heterocycles. The number of rotatable bonds is 3. The average Bonchev–Trinajstić information content (AvgIpc) is 2.70. The van der Waals surface area contributed by atoms with Crippen LogP contribution in [0.3, 0.4) is 0 Å². The largest absolute Gasteiger partial charge is 0.422 e. The molecule has 0 amide bonds. The van der Waals surface area contributed by atoms with E-state index in [-0.39, 0.29) is 12.5 Å². The second kappa shape index (κ2) is 4.68. The summed E-state index contributed by atoms with van der Waals surface area (Å²) in [5, 5.41) is 4.17. The molecule has 0 aliphatic carbocycles. The summed E-state index contributed by atoms with van der Waals surface area (Å²) in [5.74, 6) is -3.16. The third-order valence-corrected chi connectivity index (χ3v) is 2.89. The van der Waals surface area contributed by atoms with E-state index >= 15 is 0 Å². The van der Waals surface area contributed by atoms with Crippen LogP contribution in [0, 0.1) is 5.92 Å². The number of hydrogen-bond acceptors (Lipinski definition) is 5. The molecule has 1 aromatic rings. The van der Waals surface area contributed by atoms with Gasteiger partial charge in [-0.1, -0.05) is 0 Å². The smallest absolute Gasteiger partial charge is 0.323 e. The Morgan fingerprint density at radius 1 is 1.32 bits per heavy atom. The Labute approximate surface area is 111 Å². The quantitative estimate of drug-likeness (QED) is 0.612. The molecule has 6 heteroatoms. The summed E-state index contributed by atoms with van der Waals surface area (Å²) in [7, 11) is 0. The van der Waals surface area contributed by atoms with Gasteiger partial charge in [-0.25, -0.2) is 0 Å². The predicted molar refractivity (Wildman–Crippen MR) is 66.1 cm³/mol. The lowest BCUT2D eigenvalue weighted by Crippen LogP contribution is -2.46. The molecule has 1 aliphatic rings. The molecule has 1 aromatic heterocycles. The third-order valence-electron chi connectivity index (χ3n) is 2.89. The molecular weight excluding hydrogens is 248 g/mol. The number of aromatic nitrogens is 2. The number of carbonyl (C=O) groups excluding carboxylic acids is 2. The van der Waals surface area contributed by atoms with Gasteiger partial charge in [0.15, 0.2) is 5.92 Å². The average molecular weight is 266 g/mol. The van der Waals surface area contributed by atoms with Crippen molar-refractivity contribution in [3.05, 3.63) is 18.0 Å². The first-order valence-corrected chi connectivity index (χ1v) is 6.27. The van der Waals surface area contributed by atoms with Gasteiger partial charge in [-0.3, -0.25) is 14.3 Å². The van der Waals surface area contributed by atoms with Gasteiger partial charge in [-0.2, -0.15) is 5.10 Å². The highest BCUT2D eigenvalue weighted by atomic mass is 16.7. The van der Waals surface area contributed by atoms with Gasteiger partial charge in [-0.05, 0) is 25.8 Å². The Hall–Kier alpha value is -1.85. The molecular formula is C13H18N2O4. The van der Waals surface area contributed by atoms with E-state index in [2.05, 4.69) is 5.10 Å². The monoisotopic (exact) mass is 266 g/mol. The van der Waals surface area contributed by atoms with Gasteiger partial charge >= 0.3 is 11.9 Å². The van der Waals surface area contributed by atoms with Crippen LogP contribution in [0.25, 0.3) is 0 Å². The van der Waals surface area contributed by atoms with Crippen LogP contribution in [0.4, 0.5) is 0 Å². The van der Waals surface area contributed by atoms with Crippen molar-refractivity contribution in [1.29, 1.82) is 0 Å². The van der Waals surface area contributed by atoms with Crippen molar-refractivity contribution < 1.29 is 19.1 Å². The summed E-state index contributed by atoms with van der Waals surface area (Å²) < 4.78 is 11.9. The van der Waals surface area contributed by atoms with E-state index < -0.39 is 23.6 Å². The van der Waals surface area contributed by atoms with Crippen LogP contribution in [0.15, 0.2) is 12.4 Å². The number of ether oxygens (including phenoxy) is 2. The topological polar surface area (TPSA) is 70.4 Å². The maximum Gasteiger partial charge on any atom is 0.323 e. The van der Waals surface area contributed by atoms with Crippen molar-refractivity contribution in [2.75, 3.05) is 0 Å². The van der Waals surface area contributed by atoms with E-state index in [9.17, 15) is 9.59 Å². The van der Waals surface area contributed by atoms with E-state index in [1.807, 2.05) is 20.0 Å². The molecule has 0 aromatic carbocycles. The van der Waals surface area contributed by atoms with E-state index in [0.29, 0.717) is 0 Å². The molecule has 1 fully saturated rings. The van der Waals surface area contributed by atoms with Crippen LogP contribution in [-0.2, 0) is 25.5 Å². The number of hydrogen-bond donors (Lipinski definition) is 0. The van der Waals surface area contributed by atoms with Gasteiger partial charge in [0, 0.05) is 26.1 Å². The first-order valence-electron chi connectivity index (χ1n) is 6.27. The van der Waals surface area contributed by atoms with Crippen molar-refractivity contribution in [2.24, 2.45) is 5.92 Å². The first-order chi connectivity index (χ1) is 8.78. The van der Waals surface area contributed by atoms with E-state index in [4.69, 9.17) is 9.47 Å². The fourth-order valence-electron chi connectivity index (χ4n) is 1.91. The number of nitrogens with zero attached hydrogens (tertiary/aromatic N) is 2. The Morgan fingerprint density at radius 2 is 1.89 bits per heavy atom. The molecule has 19 heavy (non-hydrogen) atoms. The molecule has 0 bridgehead atoms. The highest BCUT2D eigenvalue weighted by Gasteiger charge is 2.43. The minimum Gasteiger partial charge on any atom is -0.422 e. The second-order valence-corrected chi connectivity index (χ2v) is 5.42. The molecule has 0 spiro atoms. The standard InChI is InChI=1S/C13H18N2O4/c1-8(2)15-7-9(6-14-15)5-10-11(16)18-13(3,4)19-12(10)17/h6-8,10H,5H2,1-4H3. The lowest BCUT2D eigenvalue weighted by atomic mass is 10.0. The molecule has 0 unspecified atom stereocenters. The van der Waals surface area contributed by atoms with Gasteiger partial charge in [0.25, 0.3) is 5.79 Å². The van der Waals surface area contributed by atoms with Crippen LogP contribution in [0.1, 0.15) is 39.3 Å².